The van der Waals surface area contributed by atoms with Gasteiger partial charge >= 0.3 is 0 Å². The number of hydrogen-bond donors (Lipinski definition) is 2. The van der Waals surface area contributed by atoms with Crippen LogP contribution in [0.5, 0.6) is 0 Å². The Labute approximate surface area is 145 Å². The number of hydrogen-bond acceptors (Lipinski definition) is 7. The predicted molar refractivity (Wildman–Crippen MR) is 94.9 cm³/mol. The second-order valence-electron chi connectivity index (χ2n) is 5.57. The molecule has 1 amide bonds. The number of anilines is 2. The third kappa shape index (κ3) is 4.42. The maximum Gasteiger partial charge on any atom is 0.261 e. The van der Waals surface area contributed by atoms with Gasteiger partial charge in [-0.25, -0.2) is 0 Å². The van der Waals surface area contributed by atoms with Gasteiger partial charge < -0.3 is 20.3 Å². The molecule has 0 saturated carbocycles. The SMILES string of the molecule is Cc1csc(C(=O)NCCNc2cc(N3CCOCC3)cnn2)c1. The molecule has 0 radical (unpaired) electrons. The highest BCUT2D eigenvalue weighted by atomic mass is 32.1. The molecule has 3 rings (SSSR count). The summed E-state index contributed by atoms with van der Waals surface area (Å²) in [5.74, 6) is 0.670. The average Bonchev–Trinajstić information content (AvgIpc) is 3.06. The molecule has 128 valence electrons. The van der Waals surface area contributed by atoms with Gasteiger partial charge in [-0.1, -0.05) is 0 Å². The Morgan fingerprint density at radius 2 is 2.17 bits per heavy atom. The fraction of sp³-hybridized carbons (Fsp3) is 0.438. The summed E-state index contributed by atoms with van der Waals surface area (Å²) in [6.45, 7) is 6.30. The Balaban J connectivity index is 1.45. The van der Waals surface area contributed by atoms with Crippen molar-refractivity contribution in [1.82, 2.24) is 15.5 Å². The van der Waals surface area contributed by atoms with Gasteiger partial charge in [-0.3, -0.25) is 4.79 Å². The first kappa shape index (κ1) is 16.7. The van der Waals surface area contributed by atoms with Gasteiger partial charge in [-0.2, -0.15) is 5.10 Å². The van der Waals surface area contributed by atoms with E-state index >= 15 is 0 Å². The van der Waals surface area contributed by atoms with Crippen LogP contribution in [-0.2, 0) is 4.74 Å². The number of morpholine rings is 1. The molecule has 2 aromatic heterocycles. The van der Waals surface area contributed by atoms with E-state index in [1.807, 2.05) is 24.4 Å². The zero-order valence-corrected chi connectivity index (χ0v) is 14.4. The van der Waals surface area contributed by atoms with Crippen molar-refractivity contribution < 1.29 is 9.53 Å². The van der Waals surface area contributed by atoms with Crippen LogP contribution in [0.4, 0.5) is 11.5 Å². The monoisotopic (exact) mass is 347 g/mol. The van der Waals surface area contributed by atoms with E-state index in [2.05, 4.69) is 25.7 Å². The minimum absolute atomic E-state index is 0.0388. The summed E-state index contributed by atoms with van der Waals surface area (Å²) in [7, 11) is 0. The third-order valence-corrected chi connectivity index (χ3v) is 4.73. The molecule has 0 aliphatic carbocycles. The van der Waals surface area contributed by atoms with E-state index in [4.69, 9.17) is 4.74 Å². The number of carbonyl (C=O) groups is 1. The van der Waals surface area contributed by atoms with Crippen molar-refractivity contribution >= 4 is 28.7 Å². The highest BCUT2D eigenvalue weighted by Gasteiger charge is 2.12. The quantitative estimate of drug-likeness (QED) is 0.772. The Kier molecular flexibility index (Phi) is 5.60. The van der Waals surface area contributed by atoms with Crippen LogP contribution in [0.15, 0.2) is 23.7 Å². The van der Waals surface area contributed by atoms with Crippen molar-refractivity contribution in [3.8, 4) is 0 Å². The highest BCUT2D eigenvalue weighted by Crippen LogP contribution is 2.17. The molecule has 8 heteroatoms. The average molecular weight is 347 g/mol. The summed E-state index contributed by atoms with van der Waals surface area (Å²) in [5.41, 5.74) is 2.15. The summed E-state index contributed by atoms with van der Waals surface area (Å²) < 4.78 is 5.36. The molecule has 1 aliphatic heterocycles. The van der Waals surface area contributed by atoms with Crippen LogP contribution in [0.1, 0.15) is 15.2 Å². The van der Waals surface area contributed by atoms with Crippen molar-refractivity contribution in [1.29, 1.82) is 0 Å². The molecule has 1 fully saturated rings. The zero-order chi connectivity index (χ0) is 16.8. The maximum atomic E-state index is 12.0. The Bertz CT molecular complexity index is 685. The van der Waals surface area contributed by atoms with Gasteiger partial charge in [-0.05, 0) is 23.9 Å². The van der Waals surface area contributed by atoms with Crippen molar-refractivity contribution in [2.45, 2.75) is 6.92 Å². The lowest BCUT2D eigenvalue weighted by Gasteiger charge is -2.28. The van der Waals surface area contributed by atoms with E-state index < -0.39 is 0 Å². The van der Waals surface area contributed by atoms with Crippen LogP contribution in [0.2, 0.25) is 0 Å². The van der Waals surface area contributed by atoms with Gasteiger partial charge in [0.1, 0.15) is 0 Å². The summed E-state index contributed by atoms with van der Waals surface area (Å²) in [6.07, 6.45) is 1.76. The number of ether oxygens (including phenoxy) is 1. The van der Waals surface area contributed by atoms with Crippen molar-refractivity contribution in [3.63, 3.8) is 0 Å². The predicted octanol–water partition coefficient (Wildman–Crippen LogP) is 1.53. The summed E-state index contributed by atoms with van der Waals surface area (Å²) in [6, 6.07) is 3.87. The third-order valence-electron chi connectivity index (χ3n) is 3.69. The number of nitrogens with zero attached hydrogens (tertiary/aromatic N) is 3. The van der Waals surface area contributed by atoms with E-state index in [1.54, 1.807) is 6.20 Å². The zero-order valence-electron chi connectivity index (χ0n) is 13.6. The fourth-order valence-electron chi connectivity index (χ4n) is 2.44. The van der Waals surface area contributed by atoms with Crippen LogP contribution in [0, 0.1) is 6.92 Å². The molecule has 1 saturated heterocycles. The van der Waals surface area contributed by atoms with Crippen LogP contribution < -0.4 is 15.5 Å². The standard InChI is InChI=1S/C16H21N5O2S/c1-12-8-14(24-11-12)16(22)18-3-2-17-15-9-13(10-19-20-15)21-4-6-23-7-5-21/h8-11H,2-7H2,1H3,(H,17,20)(H,18,22). The first-order chi connectivity index (χ1) is 11.7. The van der Waals surface area contributed by atoms with Gasteiger partial charge in [0, 0.05) is 32.2 Å². The molecule has 2 N–H and O–H groups in total. The molecule has 3 heterocycles. The van der Waals surface area contributed by atoms with Crippen molar-refractivity contribution in [2.24, 2.45) is 0 Å². The highest BCUT2D eigenvalue weighted by molar-refractivity contribution is 7.12. The van der Waals surface area contributed by atoms with E-state index in [0.717, 1.165) is 42.4 Å². The minimum atomic E-state index is -0.0388. The number of carbonyl (C=O) groups excluding carboxylic acids is 1. The number of nitrogens with one attached hydrogen (secondary N) is 2. The molecule has 0 aromatic carbocycles. The van der Waals surface area contributed by atoms with Crippen LogP contribution in [0.3, 0.4) is 0 Å². The largest absolute Gasteiger partial charge is 0.378 e. The first-order valence-electron chi connectivity index (χ1n) is 7.95. The Morgan fingerprint density at radius 3 is 2.92 bits per heavy atom. The van der Waals surface area contributed by atoms with E-state index in [0.29, 0.717) is 18.9 Å². The summed E-state index contributed by atoms with van der Waals surface area (Å²) in [4.78, 5) is 14.9. The van der Waals surface area contributed by atoms with Crippen LogP contribution in [0.25, 0.3) is 0 Å². The molecule has 0 atom stereocenters. The molecule has 0 bridgehead atoms. The number of aryl methyl sites for hydroxylation is 1. The van der Waals surface area contributed by atoms with Crippen molar-refractivity contribution in [2.75, 3.05) is 49.6 Å². The van der Waals surface area contributed by atoms with Gasteiger partial charge in [0.15, 0.2) is 5.82 Å². The smallest absolute Gasteiger partial charge is 0.261 e. The molecule has 0 unspecified atom stereocenters. The normalized spacial score (nSPS) is 14.5. The lowest BCUT2D eigenvalue weighted by molar-refractivity contribution is 0.0959. The number of rotatable bonds is 6. The summed E-state index contributed by atoms with van der Waals surface area (Å²) >= 11 is 1.46. The molecular formula is C16H21N5O2S. The number of thiophene rings is 1. The van der Waals surface area contributed by atoms with E-state index in [-0.39, 0.29) is 5.91 Å². The second kappa shape index (κ2) is 8.07. The Hall–Kier alpha value is -2.19. The maximum absolute atomic E-state index is 12.0. The van der Waals surface area contributed by atoms with E-state index in [9.17, 15) is 4.79 Å². The summed E-state index contributed by atoms with van der Waals surface area (Å²) in [5, 5.41) is 16.2. The van der Waals surface area contributed by atoms with Gasteiger partial charge in [0.05, 0.1) is 30.0 Å². The molecule has 7 nitrogen and oxygen atoms in total. The number of aromatic nitrogens is 2. The molecule has 24 heavy (non-hydrogen) atoms. The molecule has 0 spiro atoms. The lowest BCUT2D eigenvalue weighted by atomic mass is 10.3. The molecule has 1 aliphatic rings. The van der Waals surface area contributed by atoms with Gasteiger partial charge in [-0.15, -0.1) is 16.4 Å². The lowest BCUT2D eigenvalue weighted by Crippen LogP contribution is -2.36. The van der Waals surface area contributed by atoms with Crippen LogP contribution >= 0.6 is 11.3 Å². The molecular weight excluding hydrogens is 326 g/mol. The first-order valence-corrected chi connectivity index (χ1v) is 8.83. The Morgan fingerprint density at radius 1 is 1.33 bits per heavy atom. The molecule has 2 aromatic rings. The second-order valence-corrected chi connectivity index (χ2v) is 6.48. The topological polar surface area (TPSA) is 79.4 Å². The van der Waals surface area contributed by atoms with Gasteiger partial charge in [0.25, 0.3) is 5.91 Å². The number of amides is 1. The van der Waals surface area contributed by atoms with Gasteiger partial charge in [0.2, 0.25) is 0 Å². The minimum Gasteiger partial charge on any atom is -0.378 e. The van der Waals surface area contributed by atoms with Crippen molar-refractivity contribution in [3.05, 3.63) is 34.2 Å². The van der Waals surface area contributed by atoms with Crippen LogP contribution in [-0.4, -0.2) is 55.5 Å². The van der Waals surface area contributed by atoms with E-state index in [1.165, 1.54) is 11.3 Å². The fourth-order valence-corrected chi connectivity index (χ4v) is 3.26.